The lowest BCUT2D eigenvalue weighted by Gasteiger charge is -1.96. The molecule has 0 atom stereocenters. The summed E-state index contributed by atoms with van der Waals surface area (Å²) in [6.45, 7) is 2.92. The highest BCUT2D eigenvalue weighted by Crippen LogP contribution is 2.31. The van der Waals surface area contributed by atoms with Crippen molar-refractivity contribution in [1.29, 1.82) is 0 Å². The quantitative estimate of drug-likeness (QED) is 0.571. The van der Waals surface area contributed by atoms with Crippen LogP contribution in [0.4, 0.5) is 0 Å². The number of hydrogen-bond donors (Lipinski definition) is 1. The molecule has 0 aliphatic heterocycles. The lowest BCUT2D eigenvalue weighted by Crippen LogP contribution is -2.01. The van der Waals surface area contributed by atoms with Gasteiger partial charge in [-0.1, -0.05) is 18.6 Å². The van der Waals surface area contributed by atoms with Crippen LogP contribution in [0, 0.1) is 5.92 Å². The van der Waals surface area contributed by atoms with E-state index in [9.17, 15) is 0 Å². The molecule has 0 saturated heterocycles. The number of nitrogens with two attached hydrogens (primary N) is 1. The predicted octanol–water partition coefficient (Wildman–Crippen LogP) is 1.69. The first kappa shape index (κ1) is 6.81. The fraction of sp³-hybridized carbons (Fsp3) is 0.750. The van der Waals surface area contributed by atoms with Gasteiger partial charge in [0, 0.05) is 6.54 Å². The molecule has 1 rings (SSSR count). The molecule has 0 aromatic rings. The van der Waals surface area contributed by atoms with Crippen molar-refractivity contribution in [3.63, 3.8) is 0 Å². The van der Waals surface area contributed by atoms with Gasteiger partial charge in [0.15, 0.2) is 0 Å². The van der Waals surface area contributed by atoms with Crippen molar-refractivity contribution in [3.05, 3.63) is 11.6 Å². The van der Waals surface area contributed by atoms with Gasteiger partial charge in [0.2, 0.25) is 0 Å². The van der Waals surface area contributed by atoms with Crippen molar-refractivity contribution in [2.24, 2.45) is 11.7 Å². The Kier molecular flexibility index (Phi) is 2.29. The summed E-state index contributed by atoms with van der Waals surface area (Å²) in [6.07, 6.45) is 6.26. The fourth-order valence-electron chi connectivity index (χ4n) is 0.926. The van der Waals surface area contributed by atoms with Crippen LogP contribution in [0.5, 0.6) is 0 Å². The Labute approximate surface area is 56.9 Å². The van der Waals surface area contributed by atoms with Crippen LogP contribution in [0.1, 0.15) is 26.2 Å². The van der Waals surface area contributed by atoms with Crippen LogP contribution in [0.3, 0.4) is 0 Å². The van der Waals surface area contributed by atoms with E-state index in [1.807, 2.05) is 0 Å². The smallest absolute Gasteiger partial charge is 0.0136 e. The van der Waals surface area contributed by atoms with Crippen LogP contribution in [-0.4, -0.2) is 6.54 Å². The van der Waals surface area contributed by atoms with E-state index in [1.54, 1.807) is 0 Å². The minimum atomic E-state index is 0.757. The molecular formula is C8H15N. The second kappa shape index (κ2) is 3.02. The molecule has 52 valence electrons. The van der Waals surface area contributed by atoms with Gasteiger partial charge in [-0.05, 0) is 25.2 Å². The highest BCUT2D eigenvalue weighted by atomic mass is 14.5. The summed E-state index contributed by atoms with van der Waals surface area (Å²) in [7, 11) is 0. The van der Waals surface area contributed by atoms with Gasteiger partial charge in [0.25, 0.3) is 0 Å². The fourth-order valence-corrected chi connectivity index (χ4v) is 0.926. The Balaban J connectivity index is 2.32. The Morgan fingerprint density at radius 3 is 2.67 bits per heavy atom. The molecule has 9 heavy (non-hydrogen) atoms. The summed E-state index contributed by atoms with van der Waals surface area (Å²) < 4.78 is 0. The van der Waals surface area contributed by atoms with Crippen molar-refractivity contribution in [2.75, 3.05) is 6.54 Å². The summed E-state index contributed by atoms with van der Waals surface area (Å²) in [6, 6.07) is 0. The summed E-state index contributed by atoms with van der Waals surface area (Å²) in [5, 5.41) is 0. The molecule has 0 spiro atoms. The monoisotopic (exact) mass is 125 g/mol. The number of rotatable bonds is 3. The van der Waals surface area contributed by atoms with Gasteiger partial charge in [-0.3, -0.25) is 0 Å². The maximum Gasteiger partial charge on any atom is 0.0136 e. The molecule has 0 aromatic carbocycles. The Bertz CT molecular complexity index is 106. The zero-order valence-corrected chi connectivity index (χ0v) is 6.06. The van der Waals surface area contributed by atoms with Crippen molar-refractivity contribution in [1.82, 2.24) is 0 Å². The number of hydrogen-bond acceptors (Lipinski definition) is 1. The van der Waals surface area contributed by atoms with E-state index in [0.717, 1.165) is 18.9 Å². The van der Waals surface area contributed by atoms with Crippen LogP contribution in [-0.2, 0) is 0 Å². The maximum absolute atomic E-state index is 5.49. The van der Waals surface area contributed by atoms with Crippen LogP contribution >= 0.6 is 0 Å². The summed E-state index contributed by atoms with van der Waals surface area (Å²) in [4.78, 5) is 0. The topological polar surface area (TPSA) is 26.0 Å². The normalized spacial score (nSPS) is 20.4. The van der Waals surface area contributed by atoms with Crippen LogP contribution < -0.4 is 5.73 Å². The highest BCUT2D eigenvalue weighted by Gasteiger charge is 2.18. The van der Waals surface area contributed by atoms with Crippen LogP contribution in [0.2, 0.25) is 0 Å². The Morgan fingerprint density at radius 1 is 1.67 bits per heavy atom. The van der Waals surface area contributed by atoms with Crippen molar-refractivity contribution in [3.8, 4) is 0 Å². The molecule has 0 amide bonds. The Hall–Kier alpha value is -0.300. The summed E-state index contributed by atoms with van der Waals surface area (Å²) >= 11 is 0. The minimum absolute atomic E-state index is 0.757. The van der Waals surface area contributed by atoms with Gasteiger partial charge in [-0.15, -0.1) is 0 Å². The van der Waals surface area contributed by atoms with Gasteiger partial charge in [-0.25, -0.2) is 0 Å². The standard InChI is InChI=1S/C8H15N/c1-2-7(6-9)5-8-3-4-8/h5,8H,2-4,6,9H2,1H3/b7-5+. The van der Waals surface area contributed by atoms with Crippen molar-refractivity contribution >= 4 is 0 Å². The molecule has 0 heterocycles. The first-order valence-corrected chi connectivity index (χ1v) is 3.76. The zero-order valence-electron chi connectivity index (χ0n) is 6.06. The molecule has 1 aliphatic rings. The molecule has 0 aromatic heterocycles. The molecule has 1 saturated carbocycles. The lowest BCUT2D eigenvalue weighted by molar-refractivity contribution is 0.962. The lowest BCUT2D eigenvalue weighted by atomic mass is 10.1. The molecule has 1 nitrogen and oxygen atoms in total. The van der Waals surface area contributed by atoms with E-state index in [-0.39, 0.29) is 0 Å². The van der Waals surface area contributed by atoms with Crippen LogP contribution in [0.25, 0.3) is 0 Å². The molecule has 1 fully saturated rings. The van der Waals surface area contributed by atoms with Crippen molar-refractivity contribution in [2.45, 2.75) is 26.2 Å². The molecule has 0 bridgehead atoms. The average Bonchev–Trinajstić information content (AvgIpc) is 2.66. The largest absolute Gasteiger partial charge is 0.327 e. The number of allylic oxidation sites excluding steroid dienone is 1. The molecule has 1 aliphatic carbocycles. The van der Waals surface area contributed by atoms with Gasteiger partial charge in [-0.2, -0.15) is 0 Å². The van der Waals surface area contributed by atoms with E-state index in [1.165, 1.54) is 18.4 Å². The van der Waals surface area contributed by atoms with E-state index < -0.39 is 0 Å². The summed E-state index contributed by atoms with van der Waals surface area (Å²) in [5.41, 5.74) is 6.92. The second-order valence-corrected chi connectivity index (χ2v) is 2.72. The third kappa shape index (κ3) is 2.19. The molecule has 0 unspecified atom stereocenters. The summed E-state index contributed by atoms with van der Waals surface area (Å²) in [5.74, 6) is 0.892. The van der Waals surface area contributed by atoms with Gasteiger partial charge in [0.1, 0.15) is 0 Å². The van der Waals surface area contributed by atoms with E-state index in [4.69, 9.17) is 5.73 Å². The van der Waals surface area contributed by atoms with E-state index in [2.05, 4.69) is 13.0 Å². The first-order chi connectivity index (χ1) is 4.36. The van der Waals surface area contributed by atoms with E-state index in [0.29, 0.717) is 0 Å². The SMILES string of the molecule is CC/C(=C\C1CC1)CN. The molecule has 0 radical (unpaired) electrons. The third-order valence-electron chi connectivity index (χ3n) is 1.81. The van der Waals surface area contributed by atoms with Crippen molar-refractivity contribution < 1.29 is 0 Å². The third-order valence-corrected chi connectivity index (χ3v) is 1.81. The second-order valence-electron chi connectivity index (χ2n) is 2.72. The van der Waals surface area contributed by atoms with Gasteiger partial charge >= 0.3 is 0 Å². The zero-order chi connectivity index (χ0) is 6.69. The van der Waals surface area contributed by atoms with Crippen LogP contribution in [0.15, 0.2) is 11.6 Å². The predicted molar refractivity (Wildman–Crippen MR) is 40.2 cm³/mol. The Morgan fingerprint density at radius 2 is 2.33 bits per heavy atom. The molecule has 1 heteroatoms. The van der Waals surface area contributed by atoms with E-state index >= 15 is 0 Å². The average molecular weight is 125 g/mol. The molecular weight excluding hydrogens is 110 g/mol. The first-order valence-electron chi connectivity index (χ1n) is 3.76. The molecule has 2 N–H and O–H groups in total. The van der Waals surface area contributed by atoms with Gasteiger partial charge in [0.05, 0.1) is 0 Å². The minimum Gasteiger partial charge on any atom is -0.327 e. The highest BCUT2D eigenvalue weighted by molar-refractivity contribution is 5.08. The maximum atomic E-state index is 5.49. The van der Waals surface area contributed by atoms with Gasteiger partial charge < -0.3 is 5.73 Å².